The fourth-order valence-electron chi connectivity index (χ4n) is 3.37. The zero-order valence-corrected chi connectivity index (χ0v) is 16.0. The quantitative estimate of drug-likeness (QED) is 0.517. The molecular formula is C20H19N7O3. The van der Waals surface area contributed by atoms with Crippen molar-refractivity contribution in [3.8, 4) is 11.5 Å². The number of furan rings is 1. The number of hydrogen-bond donors (Lipinski definition) is 2. The number of hydrogen-bond acceptors (Lipinski definition) is 8. The minimum absolute atomic E-state index is 0.298. The van der Waals surface area contributed by atoms with Crippen molar-refractivity contribution in [3.63, 3.8) is 0 Å². The molecule has 0 aromatic carbocycles. The Labute approximate surface area is 171 Å². The van der Waals surface area contributed by atoms with Crippen LogP contribution < -0.4 is 16.0 Å². The van der Waals surface area contributed by atoms with Gasteiger partial charge in [0, 0.05) is 25.5 Å². The molecule has 0 unspecified atom stereocenters. The second-order valence-electron chi connectivity index (χ2n) is 6.81. The van der Waals surface area contributed by atoms with Crippen LogP contribution in [-0.4, -0.2) is 51.6 Å². The first-order chi connectivity index (χ1) is 14.7. The van der Waals surface area contributed by atoms with Gasteiger partial charge in [-0.25, -0.2) is 15.0 Å². The molecule has 10 heteroatoms. The first kappa shape index (κ1) is 18.1. The number of carbonyl (C=O) groups excluding carboxylic acids is 1. The van der Waals surface area contributed by atoms with Gasteiger partial charge in [-0.15, -0.1) is 0 Å². The lowest BCUT2D eigenvalue weighted by Gasteiger charge is -2.27. The molecule has 152 valence electrons. The summed E-state index contributed by atoms with van der Waals surface area (Å²) in [6, 6.07) is 5.51. The first-order valence-corrected chi connectivity index (χ1v) is 9.45. The van der Waals surface area contributed by atoms with Crippen molar-refractivity contribution in [1.82, 2.24) is 19.4 Å². The average Bonchev–Trinajstić information content (AvgIpc) is 3.46. The van der Waals surface area contributed by atoms with Crippen molar-refractivity contribution in [2.75, 3.05) is 36.5 Å². The number of anilines is 3. The highest BCUT2D eigenvalue weighted by Crippen LogP contribution is 2.27. The molecule has 30 heavy (non-hydrogen) atoms. The molecule has 1 saturated heterocycles. The van der Waals surface area contributed by atoms with Gasteiger partial charge in [0.05, 0.1) is 36.9 Å². The number of nitrogens with two attached hydrogens (primary N) is 1. The summed E-state index contributed by atoms with van der Waals surface area (Å²) >= 11 is 0. The molecule has 3 N–H and O–H groups in total. The average molecular weight is 405 g/mol. The van der Waals surface area contributed by atoms with E-state index in [9.17, 15) is 4.79 Å². The SMILES string of the molecule is NC(=O)c1coc(-c2cnc(Nc3ccc(N4CCOCC4)nc3)c3nccn23)c1. The molecule has 0 bridgehead atoms. The molecule has 1 aliphatic rings. The smallest absolute Gasteiger partial charge is 0.251 e. The monoisotopic (exact) mass is 405 g/mol. The number of amides is 1. The van der Waals surface area contributed by atoms with Crippen molar-refractivity contribution in [2.45, 2.75) is 0 Å². The van der Waals surface area contributed by atoms with E-state index in [1.54, 1.807) is 30.9 Å². The third kappa shape index (κ3) is 3.33. The number of pyridine rings is 1. The first-order valence-electron chi connectivity index (χ1n) is 9.45. The molecule has 0 radical (unpaired) electrons. The second-order valence-corrected chi connectivity index (χ2v) is 6.81. The van der Waals surface area contributed by atoms with E-state index in [0.29, 0.717) is 41.7 Å². The summed E-state index contributed by atoms with van der Waals surface area (Å²) in [5.41, 5.74) is 7.67. The molecule has 5 rings (SSSR count). The predicted molar refractivity (Wildman–Crippen MR) is 110 cm³/mol. The lowest BCUT2D eigenvalue weighted by atomic mass is 10.2. The van der Waals surface area contributed by atoms with Gasteiger partial charge in [-0.2, -0.15) is 0 Å². The van der Waals surface area contributed by atoms with Crippen LogP contribution in [0.1, 0.15) is 10.4 Å². The molecule has 0 saturated carbocycles. The van der Waals surface area contributed by atoms with Gasteiger partial charge in [-0.05, 0) is 18.2 Å². The van der Waals surface area contributed by atoms with Crippen LogP contribution in [0.4, 0.5) is 17.3 Å². The van der Waals surface area contributed by atoms with E-state index < -0.39 is 5.91 Å². The Hall–Kier alpha value is -3.92. The third-order valence-corrected chi connectivity index (χ3v) is 4.91. The second kappa shape index (κ2) is 7.48. The fourth-order valence-corrected chi connectivity index (χ4v) is 3.37. The molecule has 1 fully saturated rings. The van der Waals surface area contributed by atoms with E-state index in [0.717, 1.165) is 24.6 Å². The van der Waals surface area contributed by atoms with Crippen LogP contribution in [0.25, 0.3) is 17.1 Å². The molecule has 10 nitrogen and oxygen atoms in total. The summed E-state index contributed by atoms with van der Waals surface area (Å²) in [7, 11) is 0. The maximum Gasteiger partial charge on any atom is 0.251 e. The topological polar surface area (TPSA) is 124 Å². The minimum atomic E-state index is -0.550. The number of morpholine rings is 1. The maximum atomic E-state index is 11.3. The van der Waals surface area contributed by atoms with E-state index in [2.05, 4.69) is 25.2 Å². The van der Waals surface area contributed by atoms with Gasteiger partial charge in [0.15, 0.2) is 17.2 Å². The lowest BCUT2D eigenvalue weighted by molar-refractivity contribution is 0.0999. The Morgan fingerprint density at radius 3 is 2.73 bits per heavy atom. The van der Waals surface area contributed by atoms with Crippen LogP contribution in [0, 0.1) is 0 Å². The zero-order valence-electron chi connectivity index (χ0n) is 16.0. The molecule has 0 spiro atoms. The van der Waals surface area contributed by atoms with Gasteiger partial charge >= 0.3 is 0 Å². The number of imidazole rings is 1. The highest BCUT2D eigenvalue weighted by atomic mass is 16.5. The lowest BCUT2D eigenvalue weighted by Crippen LogP contribution is -2.36. The van der Waals surface area contributed by atoms with Crippen LogP contribution in [0.2, 0.25) is 0 Å². The van der Waals surface area contributed by atoms with Crippen molar-refractivity contribution in [2.24, 2.45) is 5.73 Å². The van der Waals surface area contributed by atoms with Crippen LogP contribution in [0.3, 0.4) is 0 Å². The predicted octanol–water partition coefficient (Wildman–Crippen LogP) is 2.06. The highest BCUT2D eigenvalue weighted by Gasteiger charge is 2.16. The summed E-state index contributed by atoms with van der Waals surface area (Å²) in [6.07, 6.45) is 8.21. The Kier molecular flexibility index (Phi) is 4.52. The number of rotatable bonds is 5. The molecule has 0 aliphatic carbocycles. The number of primary amides is 1. The zero-order chi connectivity index (χ0) is 20.5. The van der Waals surface area contributed by atoms with Crippen LogP contribution in [-0.2, 0) is 4.74 Å². The normalized spacial score (nSPS) is 14.2. The van der Waals surface area contributed by atoms with E-state index in [4.69, 9.17) is 14.9 Å². The summed E-state index contributed by atoms with van der Waals surface area (Å²) in [5, 5.41) is 3.26. The largest absolute Gasteiger partial charge is 0.462 e. The summed E-state index contributed by atoms with van der Waals surface area (Å²) < 4.78 is 12.7. The molecule has 1 aliphatic heterocycles. The van der Waals surface area contributed by atoms with Gasteiger partial charge < -0.3 is 25.1 Å². The number of nitrogens with zero attached hydrogens (tertiary/aromatic N) is 5. The van der Waals surface area contributed by atoms with Crippen molar-refractivity contribution < 1.29 is 13.9 Å². The standard InChI is InChI=1S/C20H19N7O3/c21-18(28)13-9-16(30-12-13)15-11-24-19(20-22-3-4-27(15)20)25-14-1-2-17(23-10-14)26-5-7-29-8-6-26/h1-4,9-12H,5-8H2,(H2,21,28)(H,24,25). The van der Waals surface area contributed by atoms with Crippen LogP contribution in [0.5, 0.6) is 0 Å². The number of ether oxygens (including phenoxy) is 1. The summed E-state index contributed by atoms with van der Waals surface area (Å²) in [4.78, 5) is 27.0. The Balaban J connectivity index is 1.41. The molecule has 1 amide bonds. The highest BCUT2D eigenvalue weighted by molar-refractivity contribution is 5.93. The van der Waals surface area contributed by atoms with Gasteiger partial charge in [0.1, 0.15) is 17.8 Å². The Bertz CT molecular complexity index is 1190. The van der Waals surface area contributed by atoms with Crippen molar-refractivity contribution in [3.05, 3.63) is 54.8 Å². The van der Waals surface area contributed by atoms with E-state index in [1.807, 2.05) is 16.5 Å². The van der Waals surface area contributed by atoms with Gasteiger partial charge in [-0.1, -0.05) is 0 Å². The number of carbonyl (C=O) groups is 1. The summed E-state index contributed by atoms with van der Waals surface area (Å²) in [5.74, 6) is 1.42. The minimum Gasteiger partial charge on any atom is -0.462 e. The van der Waals surface area contributed by atoms with Gasteiger partial charge in [0.25, 0.3) is 5.91 Å². The van der Waals surface area contributed by atoms with E-state index in [-0.39, 0.29) is 0 Å². The number of nitrogens with one attached hydrogen (secondary N) is 1. The molecule has 5 heterocycles. The Morgan fingerprint density at radius 1 is 1.13 bits per heavy atom. The van der Waals surface area contributed by atoms with Crippen molar-refractivity contribution in [1.29, 1.82) is 0 Å². The number of fused-ring (bicyclic) bond motifs is 1. The Morgan fingerprint density at radius 2 is 2.00 bits per heavy atom. The van der Waals surface area contributed by atoms with Gasteiger partial charge in [0.2, 0.25) is 0 Å². The van der Waals surface area contributed by atoms with Crippen LogP contribution in [0.15, 0.2) is 53.7 Å². The molecule has 4 aromatic heterocycles. The molecular weight excluding hydrogens is 386 g/mol. The third-order valence-electron chi connectivity index (χ3n) is 4.91. The van der Waals surface area contributed by atoms with Gasteiger partial charge in [-0.3, -0.25) is 9.20 Å². The molecule has 0 atom stereocenters. The maximum absolute atomic E-state index is 11.3. The van der Waals surface area contributed by atoms with Crippen LogP contribution >= 0.6 is 0 Å². The van der Waals surface area contributed by atoms with E-state index in [1.165, 1.54) is 6.26 Å². The number of aromatic nitrogens is 4. The summed E-state index contributed by atoms with van der Waals surface area (Å²) in [6.45, 7) is 3.10. The van der Waals surface area contributed by atoms with Crippen molar-refractivity contribution >= 4 is 28.9 Å². The fraction of sp³-hybridized carbons (Fsp3) is 0.200. The molecule has 4 aromatic rings. The van der Waals surface area contributed by atoms with E-state index >= 15 is 0 Å².